The maximum atomic E-state index is 13.6. The highest BCUT2D eigenvalue weighted by molar-refractivity contribution is 7.17. The van der Waals surface area contributed by atoms with E-state index in [1.165, 1.54) is 23.5 Å². The Bertz CT molecular complexity index is 853. The number of carbonyl (C=O) groups is 2. The molecule has 0 saturated heterocycles. The zero-order valence-electron chi connectivity index (χ0n) is 15.1. The van der Waals surface area contributed by atoms with E-state index in [1.807, 2.05) is 0 Å². The minimum atomic E-state index is -0.554. The second-order valence-corrected chi connectivity index (χ2v) is 7.47. The fourth-order valence-corrected chi connectivity index (χ4v) is 4.49. The summed E-state index contributed by atoms with van der Waals surface area (Å²) in [5, 5.41) is 3.14. The van der Waals surface area contributed by atoms with E-state index in [9.17, 15) is 14.0 Å². The number of rotatable bonds is 7. The summed E-state index contributed by atoms with van der Waals surface area (Å²) in [5.41, 5.74) is 6.86. The Hall–Kier alpha value is -2.45. The lowest BCUT2D eigenvalue weighted by Crippen LogP contribution is -2.31. The normalized spacial score (nSPS) is 13.9. The van der Waals surface area contributed by atoms with Gasteiger partial charge in [0.2, 0.25) is 0 Å². The Morgan fingerprint density at radius 2 is 2.15 bits per heavy atom. The number of nitrogens with zero attached hydrogens (tertiary/aromatic N) is 1. The molecule has 144 valence electrons. The van der Waals surface area contributed by atoms with Crippen LogP contribution in [0.15, 0.2) is 24.3 Å². The summed E-state index contributed by atoms with van der Waals surface area (Å²) in [4.78, 5) is 27.6. The zero-order chi connectivity index (χ0) is 19.4. The Labute approximate surface area is 161 Å². The molecular formula is C19H22FN3O3S. The van der Waals surface area contributed by atoms with Gasteiger partial charge in [-0.05, 0) is 37.1 Å². The molecule has 2 aromatic rings. The maximum Gasteiger partial charge on any atom is 0.262 e. The summed E-state index contributed by atoms with van der Waals surface area (Å²) in [6.45, 7) is 4.36. The van der Waals surface area contributed by atoms with E-state index >= 15 is 0 Å². The molecule has 27 heavy (non-hydrogen) atoms. The number of para-hydroxylation sites is 1. The van der Waals surface area contributed by atoms with Gasteiger partial charge in [0.25, 0.3) is 11.8 Å². The number of nitrogens with one attached hydrogen (secondary N) is 1. The Balaban J connectivity index is 1.71. The highest BCUT2D eigenvalue weighted by atomic mass is 32.1. The van der Waals surface area contributed by atoms with Crippen molar-refractivity contribution in [2.24, 2.45) is 5.73 Å². The fraction of sp³-hybridized carbons (Fsp3) is 0.368. The highest BCUT2D eigenvalue weighted by Gasteiger charge is 2.27. The molecule has 0 aliphatic carbocycles. The monoisotopic (exact) mass is 391 g/mol. The molecule has 0 fully saturated rings. The number of ether oxygens (including phenoxy) is 1. The lowest BCUT2D eigenvalue weighted by atomic mass is 10.0. The van der Waals surface area contributed by atoms with Crippen molar-refractivity contribution in [2.75, 3.05) is 25.0 Å². The molecule has 3 N–H and O–H groups in total. The van der Waals surface area contributed by atoms with Gasteiger partial charge in [0, 0.05) is 18.0 Å². The van der Waals surface area contributed by atoms with Crippen molar-refractivity contribution in [1.82, 2.24) is 4.90 Å². The SMILES string of the molecule is CCCN1CCc2c(sc(NC(=O)COc3ccccc3F)c2C(N)=O)C1. The molecule has 1 aliphatic heterocycles. The predicted molar refractivity (Wildman–Crippen MR) is 103 cm³/mol. The molecule has 0 spiro atoms. The molecule has 0 saturated carbocycles. The number of carbonyl (C=O) groups excluding carboxylic acids is 2. The van der Waals surface area contributed by atoms with Crippen LogP contribution >= 0.6 is 11.3 Å². The molecule has 0 radical (unpaired) electrons. The van der Waals surface area contributed by atoms with Gasteiger partial charge in [-0.1, -0.05) is 19.1 Å². The van der Waals surface area contributed by atoms with Crippen molar-refractivity contribution in [1.29, 1.82) is 0 Å². The van der Waals surface area contributed by atoms with Crippen molar-refractivity contribution >= 4 is 28.2 Å². The van der Waals surface area contributed by atoms with Gasteiger partial charge in [0.15, 0.2) is 18.2 Å². The maximum absolute atomic E-state index is 13.6. The molecule has 0 bridgehead atoms. The number of benzene rings is 1. The van der Waals surface area contributed by atoms with Crippen molar-refractivity contribution < 1.29 is 18.7 Å². The van der Waals surface area contributed by atoms with Crippen molar-refractivity contribution in [3.8, 4) is 5.75 Å². The number of fused-ring (bicyclic) bond motifs is 1. The van der Waals surface area contributed by atoms with Crippen LogP contribution in [0.4, 0.5) is 9.39 Å². The third kappa shape index (κ3) is 4.45. The number of halogens is 1. The van der Waals surface area contributed by atoms with E-state index in [0.29, 0.717) is 10.6 Å². The van der Waals surface area contributed by atoms with Gasteiger partial charge >= 0.3 is 0 Å². The molecule has 2 heterocycles. The Morgan fingerprint density at radius 1 is 1.37 bits per heavy atom. The van der Waals surface area contributed by atoms with E-state index in [1.54, 1.807) is 12.1 Å². The third-order valence-corrected chi connectivity index (χ3v) is 5.50. The molecule has 3 rings (SSSR count). The van der Waals surface area contributed by atoms with Gasteiger partial charge in [0.1, 0.15) is 5.00 Å². The van der Waals surface area contributed by atoms with Crippen molar-refractivity contribution in [3.63, 3.8) is 0 Å². The van der Waals surface area contributed by atoms with E-state index in [2.05, 4.69) is 17.1 Å². The topological polar surface area (TPSA) is 84.7 Å². The average Bonchev–Trinajstić information content (AvgIpc) is 2.98. The number of amides is 2. The Morgan fingerprint density at radius 3 is 2.85 bits per heavy atom. The summed E-state index contributed by atoms with van der Waals surface area (Å²) >= 11 is 1.37. The largest absolute Gasteiger partial charge is 0.481 e. The first-order valence-electron chi connectivity index (χ1n) is 8.83. The molecule has 1 aromatic heterocycles. The summed E-state index contributed by atoms with van der Waals surface area (Å²) in [5.74, 6) is -1.55. The van der Waals surface area contributed by atoms with Gasteiger partial charge in [-0.3, -0.25) is 14.5 Å². The summed E-state index contributed by atoms with van der Waals surface area (Å²) in [7, 11) is 0. The van der Waals surface area contributed by atoms with Crippen LogP contribution in [-0.2, 0) is 17.8 Å². The van der Waals surface area contributed by atoms with Crippen LogP contribution in [0.5, 0.6) is 5.75 Å². The van der Waals surface area contributed by atoms with E-state index in [0.717, 1.165) is 42.9 Å². The van der Waals surface area contributed by atoms with Crippen LogP contribution in [0.25, 0.3) is 0 Å². The molecule has 0 unspecified atom stereocenters. The molecule has 6 nitrogen and oxygen atoms in total. The zero-order valence-corrected chi connectivity index (χ0v) is 15.9. The van der Waals surface area contributed by atoms with Gasteiger partial charge in [-0.25, -0.2) is 4.39 Å². The number of hydrogen-bond acceptors (Lipinski definition) is 5. The summed E-state index contributed by atoms with van der Waals surface area (Å²) in [6, 6.07) is 5.87. The van der Waals surface area contributed by atoms with Gasteiger partial charge in [-0.2, -0.15) is 0 Å². The van der Waals surface area contributed by atoms with Crippen LogP contribution < -0.4 is 15.8 Å². The average molecular weight is 391 g/mol. The number of thiophene rings is 1. The first kappa shape index (κ1) is 19.3. The minimum Gasteiger partial charge on any atom is -0.481 e. The van der Waals surface area contributed by atoms with E-state index in [4.69, 9.17) is 10.5 Å². The van der Waals surface area contributed by atoms with Crippen LogP contribution in [-0.4, -0.2) is 36.4 Å². The van der Waals surface area contributed by atoms with Gasteiger partial charge < -0.3 is 15.8 Å². The third-order valence-electron chi connectivity index (χ3n) is 4.37. The molecule has 0 atom stereocenters. The first-order chi connectivity index (χ1) is 13.0. The summed E-state index contributed by atoms with van der Waals surface area (Å²) < 4.78 is 18.8. The fourth-order valence-electron chi connectivity index (χ4n) is 3.18. The van der Waals surface area contributed by atoms with Crippen molar-refractivity contribution in [2.45, 2.75) is 26.3 Å². The predicted octanol–water partition coefficient (Wildman–Crippen LogP) is 2.77. The highest BCUT2D eigenvalue weighted by Crippen LogP contribution is 2.37. The molecule has 1 aliphatic rings. The van der Waals surface area contributed by atoms with E-state index < -0.39 is 17.6 Å². The lowest BCUT2D eigenvalue weighted by Gasteiger charge is -2.26. The Kier molecular flexibility index (Phi) is 6.08. The second kappa shape index (κ2) is 8.49. The van der Waals surface area contributed by atoms with Crippen molar-refractivity contribution in [3.05, 3.63) is 46.1 Å². The van der Waals surface area contributed by atoms with Crippen LogP contribution in [0.3, 0.4) is 0 Å². The van der Waals surface area contributed by atoms with Gasteiger partial charge in [-0.15, -0.1) is 11.3 Å². The second-order valence-electron chi connectivity index (χ2n) is 6.37. The number of nitrogens with two attached hydrogens (primary N) is 1. The van der Waals surface area contributed by atoms with Crippen LogP contribution in [0.1, 0.15) is 34.1 Å². The quantitative estimate of drug-likeness (QED) is 0.760. The first-order valence-corrected chi connectivity index (χ1v) is 9.65. The number of primary amides is 1. The van der Waals surface area contributed by atoms with Crippen LogP contribution in [0.2, 0.25) is 0 Å². The lowest BCUT2D eigenvalue weighted by molar-refractivity contribution is -0.118. The molecule has 8 heteroatoms. The van der Waals surface area contributed by atoms with Crippen LogP contribution in [0, 0.1) is 5.82 Å². The standard InChI is InChI=1S/C19H22FN3O3S/c1-2-8-23-9-7-12-15(10-23)27-19(17(12)18(21)25)22-16(24)11-26-14-6-4-3-5-13(14)20/h3-6H,2,7-11H2,1H3,(H2,21,25)(H,22,24). The summed E-state index contributed by atoms with van der Waals surface area (Å²) in [6.07, 6.45) is 1.78. The molecular weight excluding hydrogens is 369 g/mol. The van der Waals surface area contributed by atoms with Gasteiger partial charge in [0.05, 0.1) is 5.56 Å². The number of anilines is 1. The van der Waals surface area contributed by atoms with E-state index in [-0.39, 0.29) is 12.4 Å². The molecule has 1 aromatic carbocycles. The number of hydrogen-bond donors (Lipinski definition) is 2. The molecule has 2 amide bonds. The minimum absolute atomic E-state index is 0.00320. The smallest absolute Gasteiger partial charge is 0.262 e.